The number of carbonyl (C=O) groups is 1. The Balaban J connectivity index is 1.68. The van der Waals surface area contributed by atoms with Crippen LogP contribution in [0.25, 0.3) is 32.8 Å². The van der Waals surface area contributed by atoms with Crippen LogP contribution in [-0.4, -0.2) is 32.2 Å². The number of carbonyl (C=O) groups excluding carboxylic acids is 1. The number of nitrogens with two attached hydrogens (primary N) is 1. The number of amides is 1. The number of rotatable bonds is 7. The quantitative estimate of drug-likeness (QED) is 0.286. The van der Waals surface area contributed by atoms with Crippen LogP contribution in [0.1, 0.15) is 15.9 Å². The van der Waals surface area contributed by atoms with E-state index >= 15 is 0 Å². The van der Waals surface area contributed by atoms with Crippen LogP contribution in [-0.2, 0) is 0 Å². The Morgan fingerprint density at radius 2 is 1.43 bits per heavy atom. The number of para-hydroxylation sites is 1. The Labute approximate surface area is 214 Å². The summed E-state index contributed by atoms with van der Waals surface area (Å²) in [6.45, 7) is 1.99. The molecule has 0 aliphatic heterocycles. The van der Waals surface area contributed by atoms with Gasteiger partial charge in [0.15, 0.2) is 11.5 Å². The zero-order chi connectivity index (χ0) is 26.1. The van der Waals surface area contributed by atoms with E-state index in [1.165, 1.54) is 0 Å². The van der Waals surface area contributed by atoms with Gasteiger partial charge in [-0.3, -0.25) is 9.78 Å². The number of primary amides is 1. The van der Waals surface area contributed by atoms with E-state index in [1.54, 1.807) is 33.6 Å². The van der Waals surface area contributed by atoms with Crippen LogP contribution in [0.15, 0.2) is 72.9 Å². The first-order chi connectivity index (χ1) is 18.0. The maximum absolute atomic E-state index is 12.4. The zero-order valence-electron chi connectivity index (χ0n) is 21.0. The van der Waals surface area contributed by atoms with E-state index < -0.39 is 5.91 Å². The predicted octanol–water partition coefficient (Wildman–Crippen LogP) is 6.28. The minimum atomic E-state index is -0.506. The third-order valence-corrected chi connectivity index (χ3v) is 6.49. The molecule has 0 radical (unpaired) electrons. The van der Waals surface area contributed by atoms with Crippen LogP contribution in [0, 0.1) is 6.92 Å². The van der Waals surface area contributed by atoms with Gasteiger partial charge >= 0.3 is 0 Å². The van der Waals surface area contributed by atoms with E-state index in [4.69, 9.17) is 24.7 Å². The number of ether oxygens (including phenoxy) is 4. The number of aryl methyl sites for hydroxylation is 1. The van der Waals surface area contributed by atoms with Gasteiger partial charge in [0.2, 0.25) is 5.91 Å². The second-order valence-corrected chi connectivity index (χ2v) is 8.47. The maximum atomic E-state index is 12.4. The fourth-order valence-corrected chi connectivity index (χ4v) is 4.65. The lowest BCUT2D eigenvalue weighted by atomic mass is 9.90. The van der Waals surface area contributed by atoms with Gasteiger partial charge in [0.25, 0.3) is 0 Å². The molecule has 0 aliphatic rings. The molecule has 2 N–H and O–H groups in total. The van der Waals surface area contributed by atoms with E-state index in [0.717, 1.165) is 38.4 Å². The summed E-state index contributed by atoms with van der Waals surface area (Å²) in [4.78, 5) is 16.8. The monoisotopic (exact) mass is 494 g/mol. The number of aromatic nitrogens is 1. The number of pyridine rings is 1. The normalized spacial score (nSPS) is 10.9. The largest absolute Gasteiger partial charge is 0.496 e. The first-order valence-electron chi connectivity index (χ1n) is 11.6. The molecule has 1 amide bonds. The Hall–Kier alpha value is -4.78. The molecule has 0 unspecified atom stereocenters. The summed E-state index contributed by atoms with van der Waals surface area (Å²) in [6.07, 6.45) is 1.69. The Morgan fingerprint density at radius 1 is 0.730 bits per heavy atom. The molecule has 0 fully saturated rings. The van der Waals surface area contributed by atoms with Crippen LogP contribution in [0.3, 0.4) is 0 Å². The fourth-order valence-electron chi connectivity index (χ4n) is 4.65. The van der Waals surface area contributed by atoms with Crippen molar-refractivity contribution in [3.05, 3.63) is 84.1 Å². The Bertz CT molecular complexity index is 1660. The summed E-state index contributed by atoms with van der Waals surface area (Å²) >= 11 is 0. The van der Waals surface area contributed by atoms with E-state index in [-0.39, 0.29) is 0 Å². The minimum absolute atomic E-state index is 0.422. The third kappa shape index (κ3) is 4.14. The average Bonchev–Trinajstić information content (AvgIpc) is 2.93. The lowest BCUT2D eigenvalue weighted by Gasteiger charge is -2.18. The van der Waals surface area contributed by atoms with Crippen molar-refractivity contribution in [2.75, 3.05) is 21.3 Å². The minimum Gasteiger partial charge on any atom is -0.496 e. The van der Waals surface area contributed by atoms with Gasteiger partial charge in [-0.15, -0.1) is 0 Å². The first kappa shape index (κ1) is 23.9. The Kier molecular flexibility index (Phi) is 6.27. The zero-order valence-corrected chi connectivity index (χ0v) is 21.0. The predicted molar refractivity (Wildman–Crippen MR) is 144 cm³/mol. The molecule has 186 valence electrons. The van der Waals surface area contributed by atoms with Crippen molar-refractivity contribution in [1.82, 2.24) is 4.98 Å². The molecular weight excluding hydrogens is 468 g/mol. The van der Waals surface area contributed by atoms with Gasteiger partial charge in [0.1, 0.15) is 17.2 Å². The van der Waals surface area contributed by atoms with Gasteiger partial charge < -0.3 is 24.7 Å². The molecule has 0 saturated carbocycles. The van der Waals surface area contributed by atoms with E-state index in [0.29, 0.717) is 34.3 Å². The first-order valence-corrected chi connectivity index (χ1v) is 11.6. The summed E-state index contributed by atoms with van der Waals surface area (Å²) in [7, 11) is 4.79. The molecule has 1 aromatic heterocycles. The molecule has 0 spiro atoms. The van der Waals surface area contributed by atoms with Crippen molar-refractivity contribution in [3.63, 3.8) is 0 Å². The highest BCUT2D eigenvalue weighted by Gasteiger charge is 2.19. The summed E-state index contributed by atoms with van der Waals surface area (Å²) in [5.41, 5.74) is 9.34. The van der Waals surface area contributed by atoms with Crippen molar-refractivity contribution in [2.24, 2.45) is 5.73 Å². The van der Waals surface area contributed by atoms with Crippen LogP contribution in [0.2, 0.25) is 0 Å². The summed E-state index contributed by atoms with van der Waals surface area (Å²) in [5, 5.41) is 2.59. The number of nitrogens with zero attached hydrogens (tertiary/aromatic N) is 1. The van der Waals surface area contributed by atoms with Crippen LogP contribution >= 0.6 is 0 Å². The highest BCUT2D eigenvalue weighted by Crippen LogP contribution is 2.42. The van der Waals surface area contributed by atoms with Crippen molar-refractivity contribution >= 4 is 27.6 Å². The van der Waals surface area contributed by atoms with Gasteiger partial charge in [-0.05, 0) is 53.6 Å². The molecule has 5 aromatic rings. The molecule has 1 heterocycles. The van der Waals surface area contributed by atoms with Gasteiger partial charge in [-0.1, -0.05) is 30.3 Å². The molecule has 37 heavy (non-hydrogen) atoms. The molecule has 0 atom stereocenters. The van der Waals surface area contributed by atoms with Gasteiger partial charge in [-0.25, -0.2) is 0 Å². The number of benzene rings is 4. The van der Waals surface area contributed by atoms with E-state index in [1.807, 2.05) is 67.6 Å². The molecule has 0 bridgehead atoms. The third-order valence-electron chi connectivity index (χ3n) is 6.49. The molecule has 5 rings (SSSR count). The molecular formula is C30H26N2O5. The summed E-state index contributed by atoms with van der Waals surface area (Å²) in [6, 6.07) is 20.6. The lowest BCUT2D eigenvalue weighted by Crippen LogP contribution is -2.13. The van der Waals surface area contributed by atoms with Crippen molar-refractivity contribution in [1.29, 1.82) is 0 Å². The van der Waals surface area contributed by atoms with Gasteiger partial charge in [-0.2, -0.15) is 0 Å². The van der Waals surface area contributed by atoms with Crippen molar-refractivity contribution in [2.45, 2.75) is 6.92 Å². The molecule has 7 heteroatoms. The van der Waals surface area contributed by atoms with Gasteiger partial charge in [0.05, 0.1) is 26.8 Å². The van der Waals surface area contributed by atoms with Crippen molar-refractivity contribution in [3.8, 4) is 39.9 Å². The number of hydrogen-bond donors (Lipinski definition) is 1. The SMILES string of the molecule is COc1cc2nccc(Oc3ccc4c(-c5ccccc5OC)c(C(N)=O)ccc4c3C)c2cc1OC. The van der Waals surface area contributed by atoms with Gasteiger partial charge in [0, 0.05) is 34.3 Å². The number of methoxy groups -OCH3 is 3. The summed E-state index contributed by atoms with van der Waals surface area (Å²) < 4.78 is 22.9. The number of hydrogen-bond acceptors (Lipinski definition) is 6. The lowest BCUT2D eigenvalue weighted by molar-refractivity contribution is 0.100. The highest BCUT2D eigenvalue weighted by atomic mass is 16.5. The standard InChI is InChI=1S/C30H26N2O5/c1-17-18-9-10-21(30(31)33)29(20-7-5-6-8-25(20)34-2)19(18)11-12-24(17)37-26-13-14-32-23-16-28(36-4)27(35-3)15-22(23)26/h5-16H,1-4H3,(H2,31,33). The summed E-state index contributed by atoms with van der Waals surface area (Å²) in [5.74, 6) is 2.63. The van der Waals surface area contributed by atoms with E-state index in [2.05, 4.69) is 4.98 Å². The average molecular weight is 495 g/mol. The van der Waals surface area contributed by atoms with E-state index in [9.17, 15) is 4.79 Å². The van der Waals surface area contributed by atoms with Crippen LogP contribution < -0.4 is 24.7 Å². The number of fused-ring (bicyclic) bond motifs is 2. The molecule has 7 nitrogen and oxygen atoms in total. The molecule has 0 saturated heterocycles. The van der Waals surface area contributed by atoms with Crippen LogP contribution in [0.5, 0.6) is 28.7 Å². The highest BCUT2D eigenvalue weighted by molar-refractivity contribution is 6.11. The molecule has 4 aromatic carbocycles. The van der Waals surface area contributed by atoms with Crippen LogP contribution in [0.4, 0.5) is 0 Å². The van der Waals surface area contributed by atoms with Crippen molar-refractivity contribution < 1.29 is 23.7 Å². The topological polar surface area (TPSA) is 92.9 Å². The fraction of sp³-hybridized carbons (Fsp3) is 0.133. The smallest absolute Gasteiger partial charge is 0.249 e. The maximum Gasteiger partial charge on any atom is 0.249 e. The second kappa shape index (κ2) is 9.70. The molecule has 0 aliphatic carbocycles. The second-order valence-electron chi connectivity index (χ2n) is 8.47. The Morgan fingerprint density at radius 3 is 2.16 bits per heavy atom.